The van der Waals surface area contributed by atoms with Gasteiger partial charge in [0.1, 0.15) is 6.61 Å². The zero-order valence-corrected chi connectivity index (χ0v) is 9.35. The molecule has 1 amide bonds. The summed E-state index contributed by atoms with van der Waals surface area (Å²) in [6, 6.07) is -0.159. The zero-order chi connectivity index (χ0) is 12.2. The van der Waals surface area contributed by atoms with Gasteiger partial charge in [-0.2, -0.15) is 0 Å². The summed E-state index contributed by atoms with van der Waals surface area (Å²) in [6.45, 7) is 2.87. The van der Waals surface area contributed by atoms with Crippen molar-refractivity contribution in [3.05, 3.63) is 10.4 Å². The van der Waals surface area contributed by atoms with Gasteiger partial charge >= 0.3 is 0 Å². The van der Waals surface area contributed by atoms with E-state index in [4.69, 9.17) is 16.7 Å². The lowest BCUT2D eigenvalue weighted by Crippen LogP contribution is -2.27. The average Bonchev–Trinajstić information content (AvgIpc) is 2.26. The predicted octanol–water partition coefficient (Wildman–Crippen LogP) is 1.23. The maximum Gasteiger partial charge on any atom is 0.220 e. The molecule has 0 heterocycles. The summed E-state index contributed by atoms with van der Waals surface area (Å²) < 4.78 is 4.98. The largest absolute Gasteiger partial charge is 0.367 e. The number of carbonyl (C=O) groups excluding carboxylic acids is 1. The molecule has 0 saturated carbocycles. The van der Waals surface area contributed by atoms with Crippen LogP contribution in [-0.4, -0.2) is 31.7 Å². The van der Waals surface area contributed by atoms with Gasteiger partial charge in [-0.25, -0.2) is 0 Å². The molecule has 0 aromatic heterocycles. The smallest absolute Gasteiger partial charge is 0.220 e. The molecular weight excluding hydrogens is 208 g/mol. The second-order valence-corrected chi connectivity index (χ2v) is 3.20. The van der Waals surface area contributed by atoms with E-state index in [9.17, 15) is 4.79 Å². The van der Waals surface area contributed by atoms with Crippen LogP contribution < -0.4 is 5.32 Å². The van der Waals surface area contributed by atoms with Gasteiger partial charge in [0.25, 0.3) is 0 Å². The molecule has 0 aliphatic rings. The Kier molecular flexibility index (Phi) is 8.79. The molecule has 1 atom stereocenters. The van der Waals surface area contributed by atoms with Crippen molar-refractivity contribution in [2.24, 2.45) is 5.11 Å². The van der Waals surface area contributed by atoms with Crippen molar-refractivity contribution in [3.8, 4) is 12.3 Å². The maximum atomic E-state index is 11.2. The molecule has 6 heteroatoms. The highest BCUT2D eigenvalue weighted by molar-refractivity contribution is 5.75. The van der Waals surface area contributed by atoms with Crippen LogP contribution in [0.4, 0.5) is 0 Å². The van der Waals surface area contributed by atoms with E-state index < -0.39 is 0 Å². The van der Waals surface area contributed by atoms with Gasteiger partial charge in [0, 0.05) is 23.9 Å². The van der Waals surface area contributed by atoms with Crippen LogP contribution in [0, 0.1) is 12.3 Å². The Morgan fingerprint density at radius 3 is 3.12 bits per heavy atom. The van der Waals surface area contributed by atoms with Gasteiger partial charge in [-0.3, -0.25) is 4.79 Å². The number of ether oxygens (including phenoxy) is 1. The Labute approximate surface area is 95.0 Å². The number of nitrogens with zero attached hydrogens (tertiary/aromatic N) is 3. The predicted molar refractivity (Wildman–Crippen MR) is 60.5 cm³/mol. The summed E-state index contributed by atoms with van der Waals surface area (Å²) >= 11 is 0. The lowest BCUT2D eigenvalue weighted by molar-refractivity contribution is -0.121. The number of carbonyl (C=O) groups is 1. The average molecular weight is 224 g/mol. The fraction of sp³-hybridized carbons (Fsp3) is 0.700. The molecule has 0 saturated heterocycles. The van der Waals surface area contributed by atoms with E-state index in [1.54, 1.807) is 6.92 Å². The van der Waals surface area contributed by atoms with Crippen molar-refractivity contribution in [1.29, 1.82) is 0 Å². The Bertz CT molecular complexity index is 292. The molecule has 0 bridgehead atoms. The van der Waals surface area contributed by atoms with E-state index in [0.29, 0.717) is 26.0 Å². The SMILES string of the molecule is C#CCOCCNC(=O)CCC(C)N=[N+]=[N-]. The molecule has 16 heavy (non-hydrogen) atoms. The van der Waals surface area contributed by atoms with Gasteiger partial charge < -0.3 is 10.1 Å². The number of amides is 1. The Morgan fingerprint density at radius 2 is 2.50 bits per heavy atom. The minimum Gasteiger partial charge on any atom is -0.367 e. The number of terminal acetylenes is 1. The van der Waals surface area contributed by atoms with Crippen LogP contribution in [0.1, 0.15) is 19.8 Å². The zero-order valence-electron chi connectivity index (χ0n) is 9.35. The number of azide groups is 1. The molecule has 0 aromatic carbocycles. The lowest BCUT2D eigenvalue weighted by Gasteiger charge is -2.06. The van der Waals surface area contributed by atoms with Gasteiger partial charge in [-0.05, 0) is 12.0 Å². The molecule has 0 fully saturated rings. The molecule has 0 aromatic rings. The Morgan fingerprint density at radius 1 is 1.75 bits per heavy atom. The first kappa shape index (κ1) is 14.3. The summed E-state index contributed by atoms with van der Waals surface area (Å²) in [4.78, 5) is 13.9. The van der Waals surface area contributed by atoms with E-state index in [1.165, 1.54) is 0 Å². The molecule has 0 rings (SSSR count). The summed E-state index contributed by atoms with van der Waals surface area (Å²) in [5, 5.41) is 6.14. The number of rotatable bonds is 8. The fourth-order valence-electron chi connectivity index (χ4n) is 0.968. The molecule has 88 valence electrons. The summed E-state index contributed by atoms with van der Waals surface area (Å²) in [5.41, 5.74) is 8.15. The van der Waals surface area contributed by atoms with Crippen molar-refractivity contribution in [3.63, 3.8) is 0 Å². The second-order valence-electron chi connectivity index (χ2n) is 3.20. The van der Waals surface area contributed by atoms with Crippen LogP contribution in [0.15, 0.2) is 5.11 Å². The highest BCUT2D eigenvalue weighted by atomic mass is 16.5. The molecule has 0 radical (unpaired) electrons. The first-order chi connectivity index (χ1) is 7.70. The van der Waals surface area contributed by atoms with E-state index in [1.807, 2.05) is 0 Å². The van der Waals surface area contributed by atoms with Crippen LogP contribution in [-0.2, 0) is 9.53 Å². The van der Waals surface area contributed by atoms with Crippen molar-refractivity contribution in [1.82, 2.24) is 5.32 Å². The molecular formula is C10H16N4O2. The third-order valence-electron chi connectivity index (χ3n) is 1.79. The van der Waals surface area contributed by atoms with Crippen molar-refractivity contribution in [2.45, 2.75) is 25.8 Å². The fourth-order valence-corrected chi connectivity index (χ4v) is 0.968. The van der Waals surface area contributed by atoms with Crippen molar-refractivity contribution in [2.75, 3.05) is 19.8 Å². The topological polar surface area (TPSA) is 87.1 Å². The highest BCUT2D eigenvalue weighted by Crippen LogP contribution is 2.00. The number of hydrogen-bond donors (Lipinski definition) is 1. The molecule has 0 aliphatic carbocycles. The van der Waals surface area contributed by atoms with E-state index in [0.717, 1.165) is 0 Å². The van der Waals surface area contributed by atoms with Gasteiger partial charge in [-0.15, -0.1) is 6.42 Å². The molecule has 0 aliphatic heterocycles. The van der Waals surface area contributed by atoms with Crippen LogP contribution >= 0.6 is 0 Å². The third kappa shape index (κ3) is 8.88. The minimum absolute atomic E-state index is 0.0794. The first-order valence-corrected chi connectivity index (χ1v) is 5.02. The quantitative estimate of drug-likeness (QED) is 0.221. The standard InChI is InChI=1S/C10H16N4O2/c1-3-7-16-8-6-12-10(15)5-4-9(2)13-14-11/h1,9H,4-8H2,2H3,(H,12,15). The Hall–Kier alpha value is -1.70. The lowest BCUT2D eigenvalue weighted by atomic mass is 10.2. The van der Waals surface area contributed by atoms with Crippen molar-refractivity contribution >= 4 is 5.91 Å². The minimum atomic E-state index is -0.159. The summed E-state index contributed by atoms with van der Waals surface area (Å²) in [6.07, 6.45) is 5.86. The molecule has 0 spiro atoms. The summed E-state index contributed by atoms with van der Waals surface area (Å²) in [7, 11) is 0. The highest BCUT2D eigenvalue weighted by Gasteiger charge is 2.04. The first-order valence-electron chi connectivity index (χ1n) is 5.02. The van der Waals surface area contributed by atoms with E-state index >= 15 is 0 Å². The van der Waals surface area contributed by atoms with Gasteiger partial charge in [0.05, 0.1) is 6.61 Å². The second kappa shape index (κ2) is 9.84. The van der Waals surface area contributed by atoms with Gasteiger partial charge in [0.2, 0.25) is 5.91 Å². The normalized spacial score (nSPS) is 11.0. The van der Waals surface area contributed by atoms with E-state index in [2.05, 4.69) is 21.3 Å². The van der Waals surface area contributed by atoms with Crippen LogP contribution in [0.3, 0.4) is 0 Å². The molecule has 6 nitrogen and oxygen atoms in total. The van der Waals surface area contributed by atoms with Crippen LogP contribution in [0.5, 0.6) is 0 Å². The maximum absolute atomic E-state index is 11.2. The van der Waals surface area contributed by atoms with E-state index in [-0.39, 0.29) is 18.6 Å². The van der Waals surface area contributed by atoms with Crippen molar-refractivity contribution < 1.29 is 9.53 Å². The van der Waals surface area contributed by atoms with Gasteiger partial charge in [-0.1, -0.05) is 18.0 Å². The monoisotopic (exact) mass is 224 g/mol. The summed E-state index contributed by atoms with van der Waals surface area (Å²) in [5.74, 6) is 2.25. The Balaban J connectivity index is 3.45. The third-order valence-corrected chi connectivity index (χ3v) is 1.79. The van der Waals surface area contributed by atoms with Crippen LogP contribution in [0.25, 0.3) is 10.4 Å². The van der Waals surface area contributed by atoms with Gasteiger partial charge in [0.15, 0.2) is 0 Å². The number of nitrogens with one attached hydrogen (secondary N) is 1. The molecule has 1 unspecified atom stereocenters. The number of hydrogen-bond acceptors (Lipinski definition) is 3. The molecule has 1 N–H and O–H groups in total. The van der Waals surface area contributed by atoms with Crippen LogP contribution in [0.2, 0.25) is 0 Å².